The summed E-state index contributed by atoms with van der Waals surface area (Å²) < 4.78 is 47.8. The van der Waals surface area contributed by atoms with Crippen LogP contribution in [0, 0.1) is 50.2 Å². The van der Waals surface area contributed by atoms with Gasteiger partial charge in [-0.2, -0.15) is 0 Å². The average Bonchev–Trinajstić information content (AvgIpc) is 3.35. The largest absolute Gasteiger partial charge is 0.432 e. The van der Waals surface area contributed by atoms with Crippen LogP contribution in [0.25, 0.3) is 0 Å². The molecule has 424 valence electrons. The summed E-state index contributed by atoms with van der Waals surface area (Å²) in [6.45, 7) is 16.2. The van der Waals surface area contributed by atoms with Crippen molar-refractivity contribution in [2.45, 2.75) is 242 Å². The lowest BCUT2D eigenvalue weighted by Crippen LogP contribution is -2.66. The van der Waals surface area contributed by atoms with E-state index in [9.17, 15) is 61.3 Å². The Hall–Kier alpha value is -1.55. The number of aliphatic hydroxyl groups excluding tert-OH is 12. The Bertz CT molecular complexity index is 2040. The van der Waals surface area contributed by atoms with Crippen LogP contribution in [-0.2, 0) is 42.7 Å². The fourth-order valence-corrected chi connectivity index (χ4v) is 16.1. The molecule has 0 aromatic heterocycles. The first kappa shape index (κ1) is 57.1. The van der Waals surface area contributed by atoms with E-state index in [0.29, 0.717) is 32.1 Å². The molecule has 74 heavy (non-hydrogen) atoms. The van der Waals surface area contributed by atoms with E-state index in [4.69, 9.17) is 37.9 Å². The van der Waals surface area contributed by atoms with Crippen LogP contribution in [0.3, 0.4) is 0 Å². The van der Waals surface area contributed by atoms with E-state index in [0.717, 1.165) is 32.1 Å². The van der Waals surface area contributed by atoms with Gasteiger partial charge < -0.3 is 99.2 Å². The van der Waals surface area contributed by atoms with Crippen molar-refractivity contribution in [3.8, 4) is 0 Å². The van der Waals surface area contributed by atoms with E-state index in [2.05, 4.69) is 54.5 Å². The van der Waals surface area contributed by atoms with Crippen LogP contribution in [0.2, 0.25) is 0 Å². The van der Waals surface area contributed by atoms with Gasteiger partial charge >= 0.3 is 5.97 Å². The van der Waals surface area contributed by atoms with Crippen molar-refractivity contribution in [3.63, 3.8) is 0 Å². The van der Waals surface area contributed by atoms with Crippen LogP contribution >= 0.6 is 0 Å². The van der Waals surface area contributed by atoms with E-state index in [-0.39, 0.29) is 52.1 Å². The predicted molar refractivity (Wildman–Crippen MR) is 255 cm³/mol. The van der Waals surface area contributed by atoms with E-state index in [1.807, 2.05) is 0 Å². The minimum absolute atomic E-state index is 0.114. The average molecular weight is 1060 g/mol. The highest BCUT2D eigenvalue weighted by Crippen LogP contribution is 2.76. The van der Waals surface area contributed by atoms with Gasteiger partial charge in [0.1, 0.15) is 85.5 Å². The number of rotatable bonds is 10. The Balaban J connectivity index is 0.920. The minimum Gasteiger partial charge on any atom is -0.432 e. The number of fused-ring (bicyclic) bond motifs is 7. The highest BCUT2D eigenvalue weighted by atomic mass is 16.8. The number of carbonyl (C=O) groups excluding carboxylic acids is 1. The van der Waals surface area contributed by atoms with E-state index in [1.54, 1.807) is 0 Å². The molecule has 4 saturated carbocycles. The zero-order valence-electron chi connectivity index (χ0n) is 44.1. The highest BCUT2D eigenvalue weighted by Gasteiger charge is 2.70. The number of allylic oxidation sites excluding steroid dienone is 2. The Labute approximate surface area is 433 Å². The van der Waals surface area contributed by atoms with E-state index in [1.165, 1.54) is 12.5 Å². The van der Waals surface area contributed by atoms with Crippen LogP contribution in [0.5, 0.6) is 0 Å². The number of esters is 1. The molecule has 21 heteroatoms. The SMILES string of the molecule is C[C@@H]1O[C@@H](O[C@@H]2[C@@H](O[C@H]3CC[C@]4(C)[C@H]5CC=C6[C@@H]7CC(C)(C)CC[C@]7(C(=O)O[C@@H]7O[C@H](CO[C@H]8O[C@H](CO)[C@@H](O)[C@H](O)[C@H]8O)[C@@H](O)[C@H](O)[C@H]7O)CC[C@@]6(C)[C@]5(C)CC[C@H]4C3(C)C)OC[C@@H](O)[C@@H]2O)[C@H](O)[C@@H](O)[C@H]1O. The molecule has 21 nitrogen and oxygen atoms in total. The predicted octanol–water partition coefficient (Wildman–Crippen LogP) is -0.369. The van der Waals surface area contributed by atoms with Gasteiger partial charge in [-0.15, -0.1) is 0 Å². The minimum atomic E-state index is -1.82. The Morgan fingerprint density at radius 1 is 0.635 bits per heavy atom. The number of hydrogen-bond donors (Lipinski definition) is 12. The van der Waals surface area contributed by atoms with Crippen molar-refractivity contribution in [1.29, 1.82) is 0 Å². The zero-order valence-corrected chi connectivity index (χ0v) is 44.1. The molecule has 9 aliphatic rings. The lowest BCUT2D eigenvalue weighted by molar-refractivity contribution is -0.364. The molecular weight excluding hydrogens is 973 g/mol. The molecule has 0 aromatic carbocycles. The molecule has 27 atom stereocenters. The van der Waals surface area contributed by atoms with Crippen LogP contribution in [0.4, 0.5) is 0 Å². The second-order valence-corrected chi connectivity index (χ2v) is 25.8. The van der Waals surface area contributed by atoms with Gasteiger partial charge in [-0.05, 0) is 116 Å². The molecular formula is C53H86O21. The zero-order chi connectivity index (χ0) is 54.0. The van der Waals surface area contributed by atoms with Crippen molar-refractivity contribution in [2.75, 3.05) is 19.8 Å². The van der Waals surface area contributed by atoms with Crippen molar-refractivity contribution >= 4 is 5.97 Å². The first-order valence-electron chi connectivity index (χ1n) is 27.1. The third-order valence-electron chi connectivity index (χ3n) is 21.0. The third-order valence-corrected chi connectivity index (χ3v) is 21.0. The highest BCUT2D eigenvalue weighted by molar-refractivity contribution is 5.79. The van der Waals surface area contributed by atoms with Crippen molar-refractivity contribution < 1.29 is 104 Å². The molecule has 0 radical (unpaired) electrons. The molecule has 4 saturated heterocycles. The van der Waals surface area contributed by atoms with Gasteiger partial charge in [-0.25, -0.2) is 0 Å². The summed E-state index contributed by atoms with van der Waals surface area (Å²) in [5.74, 6) is -0.319. The quantitative estimate of drug-likeness (QED) is 0.0755. The molecule has 9 rings (SSSR count). The molecule has 4 aliphatic heterocycles. The van der Waals surface area contributed by atoms with Crippen LogP contribution < -0.4 is 0 Å². The Kier molecular flexibility index (Phi) is 15.8. The lowest BCUT2D eigenvalue weighted by atomic mass is 9.33. The molecule has 0 bridgehead atoms. The van der Waals surface area contributed by atoms with Crippen molar-refractivity contribution in [1.82, 2.24) is 0 Å². The maximum Gasteiger partial charge on any atom is 0.315 e. The number of ether oxygens (including phenoxy) is 8. The van der Waals surface area contributed by atoms with E-state index >= 15 is 4.79 Å². The van der Waals surface area contributed by atoms with Crippen molar-refractivity contribution in [2.24, 2.45) is 50.2 Å². The summed E-state index contributed by atoms with van der Waals surface area (Å²) >= 11 is 0. The standard InChI is InChI=1S/C53H86O21/c1-23-32(56)36(60)40(64)44(69-23)73-42-33(57)26(55)21-67-46(42)72-31-12-13-50(6)29(49(31,4)5)11-14-52(8)30(50)10-9-24-25-19-48(2,3)15-17-53(25,18-16-51(24,52)7)47(66)74-45-41(65)38(62)35(59)28(71-45)22-68-43-39(63)37(61)34(58)27(20-54)70-43/h9,23,25-46,54-65H,10-22H2,1-8H3/t23-,25-,26+,27+,28+,29-,30+,31-,32-,33-,34+,35+,36-,37-,38-,39+,40+,41+,42-,43-,44-,45-,46+,50-,51+,52+,53-/m0/s1. The lowest BCUT2D eigenvalue weighted by Gasteiger charge is -2.71. The smallest absolute Gasteiger partial charge is 0.315 e. The second-order valence-electron chi connectivity index (χ2n) is 25.8. The second kappa shape index (κ2) is 20.5. The summed E-state index contributed by atoms with van der Waals surface area (Å²) in [7, 11) is 0. The third kappa shape index (κ3) is 9.27. The van der Waals surface area contributed by atoms with Gasteiger partial charge in [0.2, 0.25) is 6.29 Å². The summed E-state index contributed by atoms with van der Waals surface area (Å²) in [5, 5.41) is 127. The summed E-state index contributed by atoms with van der Waals surface area (Å²) in [4.78, 5) is 15.1. The fraction of sp³-hybridized carbons (Fsp3) is 0.943. The van der Waals surface area contributed by atoms with Crippen LogP contribution in [0.15, 0.2) is 11.6 Å². The van der Waals surface area contributed by atoms with Gasteiger partial charge in [-0.1, -0.05) is 60.1 Å². The molecule has 4 heterocycles. The molecule has 12 N–H and O–H groups in total. The van der Waals surface area contributed by atoms with Crippen LogP contribution in [-0.4, -0.2) is 210 Å². The maximum atomic E-state index is 15.1. The van der Waals surface area contributed by atoms with Gasteiger partial charge in [-0.3, -0.25) is 4.79 Å². The van der Waals surface area contributed by atoms with Gasteiger partial charge in [0.15, 0.2) is 18.9 Å². The number of aliphatic hydroxyl groups is 12. The Morgan fingerprint density at radius 2 is 1.26 bits per heavy atom. The van der Waals surface area contributed by atoms with Crippen molar-refractivity contribution in [3.05, 3.63) is 11.6 Å². The molecule has 0 spiro atoms. The van der Waals surface area contributed by atoms with Crippen LogP contribution in [0.1, 0.15) is 120 Å². The maximum absolute atomic E-state index is 15.1. The number of hydrogen-bond acceptors (Lipinski definition) is 21. The van der Waals surface area contributed by atoms with Gasteiger partial charge in [0, 0.05) is 0 Å². The molecule has 0 unspecified atom stereocenters. The fourth-order valence-electron chi connectivity index (χ4n) is 16.1. The summed E-state index contributed by atoms with van der Waals surface area (Å²) in [5.41, 5.74) is -0.885. The topological polar surface area (TPSA) is 334 Å². The van der Waals surface area contributed by atoms with Gasteiger partial charge in [0.05, 0.1) is 37.4 Å². The molecule has 0 aromatic rings. The first-order chi connectivity index (χ1) is 34.6. The monoisotopic (exact) mass is 1060 g/mol. The first-order valence-corrected chi connectivity index (χ1v) is 27.1. The number of carbonyl (C=O) groups is 1. The molecule has 0 amide bonds. The summed E-state index contributed by atoms with van der Waals surface area (Å²) in [6.07, 6.45) is -19.2. The Morgan fingerprint density at radius 3 is 1.95 bits per heavy atom. The normalized spacial score (nSPS) is 54.1. The van der Waals surface area contributed by atoms with E-state index < -0.39 is 147 Å². The summed E-state index contributed by atoms with van der Waals surface area (Å²) in [6, 6.07) is 0. The van der Waals surface area contributed by atoms with Gasteiger partial charge in [0.25, 0.3) is 0 Å². The molecule has 5 aliphatic carbocycles. The molecule has 8 fully saturated rings.